The fourth-order valence-electron chi connectivity index (χ4n) is 3.90. The summed E-state index contributed by atoms with van der Waals surface area (Å²) in [6.45, 7) is 4.68. The van der Waals surface area contributed by atoms with Crippen molar-refractivity contribution in [1.29, 1.82) is 0 Å². The largest absolute Gasteiger partial charge is 0.355 e. The van der Waals surface area contributed by atoms with Gasteiger partial charge < -0.3 is 10.2 Å². The molecule has 0 aromatic heterocycles. The molecule has 0 atom stereocenters. The van der Waals surface area contributed by atoms with E-state index in [4.69, 9.17) is 23.2 Å². The number of rotatable bonds is 6. The smallest absolute Gasteiger partial charge is 0.225 e. The van der Waals surface area contributed by atoms with Crippen LogP contribution in [0.2, 0.25) is 10.0 Å². The zero-order valence-corrected chi connectivity index (χ0v) is 17.1. The number of halogens is 2. The van der Waals surface area contributed by atoms with Crippen LogP contribution in [0.3, 0.4) is 0 Å². The van der Waals surface area contributed by atoms with Crippen LogP contribution < -0.4 is 5.32 Å². The molecule has 2 aliphatic rings. The number of carbonyl (C=O) groups is 2. The van der Waals surface area contributed by atoms with Gasteiger partial charge in [0.2, 0.25) is 11.8 Å². The molecule has 1 aromatic carbocycles. The molecule has 1 aliphatic heterocycles. The van der Waals surface area contributed by atoms with E-state index in [9.17, 15) is 9.59 Å². The van der Waals surface area contributed by atoms with Crippen LogP contribution >= 0.6 is 23.2 Å². The molecule has 27 heavy (non-hydrogen) atoms. The van der Waals surface area contributed by atoms with E-state index in [0.717, 1.165) is 45.6 Å². The van der Waals surface area contributed by atoms with Crippen LogP contribution in [-0.4, -0.2) is 60.9 Å². The maximum absolute atomic E-state index is 12.5. The SMILES string of the molecule is O=C(Cc1c(Cl)cccc1Cl)NCCN1CCN(C(=O)C2CCCC2)CC1. The first kappa shape index (κ1) is 20.4. The van der Waals surface area contributed by atoms with Gasteiger partial charge in [0.05, 0.1) is 6.42 Å². The molecule has 2 fully saturated rings. The second-order valence-corrected chi connectivity index (χ2v) is 8.19. The van der Waals surface area contributed by atoms with Gasteiger partial charge >= 0.3 is 0 Å². The van der Waals surface area contributed by atoms with Gasteiger partial charge in [-0.05, 0) is 30.5 Å². The Morgan fingerprint density at radius 2 is 1.67 bits per heavy atom. The van der Waals surface area contributed by atoms with Crippen molar-refractivity contribution in [2.45, 2.75) is 32.1 Å². The average molecular weight is 412 g/mol. The minimum atomic E-state index is -0.0833. The highest BCUT2D eigenvalue weighted by Gasteiger charge is 2.29. The minimum absolute atomic E-state index is 0.0833. The third kappa shape index (κ3) is 5.59. The standard InChI is InChI=1S/C20H27Cl2N3O2/c21-17-6-3-7-18(22)16(17)14-19(26)23-8-9-24-10-12-25(13-11-24)20(27)15-4-1-2-5-15/h3,6-7,15H,1-2,4-5,8-14H2,(H,23,26). The number of carbonyl (C=O) groups excluding carboxylic acids is 2. The molecule has 2 amide bonds. The second kappa shape index (κ2) is 9.76. The van der Waals surface area contributed by atoms with E-state index in [0.29, 0.717) is 28.1 Å². The first-order valence-electron chi connectivity index (χ1n) is 9.75. The van der Waals surface area contributed by atoms with E-state index >= 15 is 0 Å². The average Bonchev–Trinajstić information content (AvgIpc) is 3.20. The van der Waals surface area contributed by atoms with Crippen LogP contribution in [0, 0.1) is 5.92 Å². The van der Waals surface area contributed by atoms with Gasteiger partial charge in [-0.3, -0.25) is 14.5 Å². The summed E-state index contributed by atoms with van der Waals surface area (Å²) in [4.78, 5) is 28.9. The van der Waals surface area contributed by atoms with Gasteiger partial charge in [-0.15, -0.1) is 0 Å². The third-order valence-corrected chi connectivity index (χ3v) is 6.25. The summed E-state index contributed by atoms with van der Waals surface area (Å²) in [5.41, 5.74) is 0.664. The molecule has 148 valence electrons. The van der Waals surface area contributed by atoms with Crippen LogP contribution in [0.1, 0.15) is 31.2 Å². The van der Waals surface area contributed by atoms with E-state index < -0.39 is 0 Å². The summed E-state index contributed by atoms with van der Waals surface area (Å²) in [5, 5.41) is 3.96. The summed E-state index contributed by atoms with van der Waals surface area (Å²) >= 11 is 12.2. The number of benzene rings is 1. The normalized spacial score (nSPS) is 18.7. The first-order chi connectivity index (χ1) is 13.0. The Morgan fingerprint density at radius 3 is 2.30 bits per heavy atom. The second-order valence-electron chi connectivity index (χ2n) is 7.38. The molecule has 1 aromatic rings. The summed E-state index contributed by atoms with van der Waals surface area (Å²) in [7, 11) is 0. The van der Waals surface area contributed by atoms with Gasteiger partial charge in [0, 0.05) is 55.2 Å². The molecular formula is C20H27Cl2N3O2. The molecule has 0 unspecified atom stereocenters. The highest BCUT2D eigenvalue weighted by Crippen LogP contribution is 2.27. The maximum atomic E-state index is 12.5. The lowest BCUT2D eigenvalue weighted by Gasteiger charge is -2.36. The Balaban J connectivity index is 1.35. The lowest BCUT2D eigenvalue weighted by atomic mass is 10.1. The number of nitrogens with one attached hydrogen (secondary N) is 1. The van der Waals surface area contributed by atoms with Crippen molar-refractivity contribution in [3.63, 3.8) is 0 Å². The van der Waals surface area contributed by atoms with E-state index in [1.165, 1.54) is 12.8 Å². The van der Waals surface area contributed by atoms with Crippen LogP contribution in [0.5, 0.6) is 0 Å². The summed E-state index contributed by atoms with van der Waals surface area (Å²) in [6, 6.07) is 5.24. The molecular weight excluding hydrogens is 385 g/mol. The van der Waals surface area contributed by atoms with Gasteiger partial charge in [0.25, 0.3) is 0 Å². The molecule has 1 N–H and O–H groups in total. The Hall–Kier alpha value is -1.30. The van der Waals surface area contributed by atoms with Crippen LogP contribution in [0.4, 0.5) is 0 Å². The lowest BCUT2D eigenvalue weighted by Crippen LogP contribution is -2.51. The van der Waals surface area contributed by atoms with Crippen molar-refractivity contribution in [1.82, 2.24) is 15.1 Å². The molecule has 0 radical (unpaired) electrons. The topological polar surface area (TPSA) is 52.7 Å². The van der Waals surface area contributed by atoms with Crippen molar-refractivity contribution in [2.75, 3.05) is 39.3 Å². The van der Waals surface area contributed by atoms with Gasteiger partial charge in [-0.25, -0.2) is 0 Å². The Labute approximate surface area is 171 Å². The monoisotopic (exact) mass is 411 g/mol. The molecule has 1 aliphatic carbocycles. The molecule has 0 bridgehead atoms. The van der Waals surface area contributed by atoms with Gasteiger partial charge in [0.1, 0.15) is 0 Å². The first-order valence-corrected chi connectivity index (χ1v) is 10.5. The van der Waals surface area contributed by atoms with Crippen LogP contribution in [0.15, 0.2) is 18.2 Å². The van der Waals surface area contributed by atoms with Gasteiger partial charge in [-0.2, -0.15) is 0 Å². The summed E-state index contributed by atoms with van der Waals surface area (Å²) in [6.07, 6.45) is 4.67. The third-order valence-electron chi connectivity index (χ3n) is 5.54. The summed E-state index contributed by atoms with van der Waals surface area (Å²) in [5.74, 6) is 0.518. The molecule has 1 saturated carbocycles. The molecule has 3 rings (SSSR count). The number of nitrogens with zero attached hydrogens (tertiary/aromatic N) is 2. The van der Waals surface area contributed by atoms with Crippen LogP contribution in [-0.2, 0) is 16.0 Å². The number of hydrogen-bond acceptors (Lipinski definition) is 3. The van der Waals surface area contributed by atoms with E-state index in [2.05, 4.69) is 10.2 Å². The van der Waals surface area contributed by atoms with Crippen molar-refractivity contribution in [3.8, 4) is 0 Å². The van der Waals surface area contributed by atoms with Crippen molar-refractivity contribution < 1.29 is 9.59 Å². The maximum Gasteiger partial charge on any atom is 0.225 e. The van der Waals surface area contributed by atoms with E-state index in [1.807, 2.05) is 4.90 Å². The molecule has 5 nitrogen and oxygen atoms in total. The van der Waals surface area contributed by atoms with E-state index in [-0.39, 0.29) is 18.2 Å². The fourth-order valence-corrected chi connectivity index (χ4v) is 4.43. The fraction of sp³-hybridized carbons (Fsp3) is 0.600. The number of hydrogen-bond donors (Lipinski definition) is 1. The van der Waals surface area contributed by atoms with Crippen molar-refractivity contribution in [3.05, 3.63) is 33.8 Å². The highest BCUT2D eigenvalue weighted by atomic mass is 35.5. The predicted molar refractivity (Wildman–Crippen MR) is 108 cm³/mol. The number of piperazine rings is 1. The van der Waals surface area contributed by atoms with Crippen LogP contribution in [0.25, 0.3) is 0 Å². The van der Waals surface area contributed by atoms with E-state index in [1.54, 1.807) is 18.2 Å². The zero-order chi connectivity index (χ0) is 19.2. The quantitative estimate of drug-likeness (QED) is 0.782. The number of amides is 2. The Bertz CT molecular complexity index is 649. The molecule has 1 heterocycles. The summed E-state index contributed by atoms with van der Waals surface area (Å²) < 4.78 is 0. The minimum Gasteiger partial charge on any atom is -0.355 e. The Morgan fingerprint density at radius 1 is 1.04 bits per heavy atom. The van der Waals surface area contributed by atoms with Crippen molar-refractivity contribution in [2.24, 2.45) is 5.92 Å². The highest BCUT2D eigenvalue weighted by molar-refractivity contribution is 6.36. The molecule has 1 saturated heterocycles. The predicted octanol–water partition coefficient (Wildman–Crippen LogP) is 2.99. The Kier molecular flexibility index (Phi) is 7.39. The molecule has 7 heteroatoms. The van der Waals surface area contributed by atoms with Gasteiger partial charge in [-0.1, -0.05) is 42.1 Å². The molecule has 0 spiro atoms. The van der Waals surface area contributed by atoms with Gasteiger partial charge in [0.15, 0.2) is 0 Å². The zero-order valence-electron chi connectivity index (χ0n) is 15.6. The lowest BCUT2D eigenvalue weighted by molar-refractivity contribution is -0.137. The van der Waals surface area contributed by atoms with Crippen molar-refractivity contribution >= 4 is 35.0 Å².